The minimum atomic E-state index is 0.842. The first-order chi connectivity index (χ1) is 8.59. The van der Waals surface area contributed by atoms with E-state index in [4.69, 9.17) is 0 Å². The Bertz CT molecular complexity index is 435. The van der Waals surface area contributed by atoms with Crippen LogP contribution in [0.3, 0.4) is 0 Å². The SMILES string of the molecule is CC(C)=C1C2CC(C1C(C)C)C1C3C=CC(C3)C21. The Morgan fingerprint density at radius 3 is 2.33 bits per heavy atom. The van der Waals surface area contributed by atoms with Crippen molar-refractivity contribution in [3.63, 3.8) is 0 Å². The maximum Gasteiger partial charge on any atom is -0.0143 e. The van der Waals surface area contributed by atoms with Gasteiger partial charge < -0.3 is 0 Å². The fourth-order valence-corrected chi connectivity index (χ4v) is 6.43. The van der Waals surface area contributed by atoms with E-state index in [1.165, 1.54) is 12.8 Å². The number of fused-ring (bicyclic) bond motifs is 9. The van der Waals surface area contributed by atoms with Gasteiger partial charge in [0.05, 0.1) is 0 Å². The van der Waals surface area contributed by atoms with Crippen LogP contribution in [-0.2, 0) is 0 Å². The quantitative estimate of drug-likeness (QED) is 0.462. The van der Waals surface area contributed by atoms with E-state index in [0.717, 1.165) is 47.3 Å². The van der Waals surface area contributed by atoms with Crippen molar-refractivity contribution in [2.45, 2.75) is 40.5 Å². The third kappa shape index (κ3) is 1.18. The first-order valence-corrected chi connectivity index (χ1v) is 7.95. The summed E-state index contributed by atoms with van der Waals surface area (Å²) in [5, 5.41) is 0. The van der Waals surface area contributed by atoms with Gasteiger partial charge in [0.15, 0.2) is 0 Å². The van der Waals surface area contributed by atoms with E-state index >= 15 is 0 Å². The minimum Gasteiger partial charge on any atom is -0.0848 e. The van der Waals surface area contributed by atoms with Gasteiger partial charge in [-0.05, 0) is 74.0 Å². The predicted molar refractivity (Wildman–Crippen MR) is 76.0 cm³/mol. The van der Waals surface area contributed by atoms with E-state index < -0.39 is 0 Å². The molecule has 0 heterocycles. The second-order valence-corrected chi connectivity index (χ2v) is 7.83. The molecule has 4 rings (SSSR count). The average molecular weight is 242 g/mol. The molecule has 0 heteroatoms. The van der Waals surface area contributed by atoms with Gasteiger partial charge in [-0.3, -0.25) is 0 Å². The average Bonchev–Trinajstić information content (AvgIpc) is 3.04. The van der Waals surface area contributed by atoms with Crippen LogP contribution in [0.25, 0.3) is 0 Å². The highest BCUT2D eigenvalue weighted by Gasteiger charge is 2.63. The molecule has 7 unspecified atom stereocenters. The van der Waals surface area contributed by atoms with Crippen molar-refractivity contribution in [2.24, 2.45) is 47.3 Å². The number of hydrogen-bond acceptors (Lipinski definition) is 0. The van der Waals surface area contributed by atoms with Crippen LogP contribution < -0.4 is 0 Å². The molecule has 3 fully saturated rings. The second-order valence-electron chi connectivity index (χ2n) is 7.83. The lowest BCUT2D eigenvalue weighted by molar-refractivity contribution is 0.165. The Morgan fingerprint density at radius 1 is 1.06 bits per heavy atom. The molecular weight excluding hydrogens is 216 g/mol. The minimum absolute atomic E-state index is 0.842. The van der Waals surface area contributed by atoms with Gasteiger partial charge in [-0.15, -0.1) is 0 Å². The zero-order valence-corrected chi connectivity index (χ0v) is 12.2. The molecule has 7 atom stereocenters. The standard InChI is InChI=1S/C18H26/c1-9(2)15-13-8-14(16(15)10(3)4)18-12-6-5-11(7-12)17(13)18/h5-6,9,11-15,17-18H,7-8H2,1-4H3. The summed E-state index contributed by atoms with van der Waals surface area (Å²) in [5.41, 5.74) is 3.53. The van der Waals surface area contributed by atoms with Gasteiger partial charge in [-0.1, -0.05) is 37.1 Å². The molecule has 0 aliphatic heterocycles. The van der Waals surface area contributed by atoms with Gasteiger partial charge in [0.25, 0.3) is 0 Å². The Kier molecular flexibility index (Phi) is 2.22. The van der Waals surface area contributed by atoms with E-state index in [1.807, 2.05) is 5.57 Å². The maximum atomic E-state index is 2.56. The van der Waals surface area contributed by atoms with E-state index in [1.54, 1.807) is 5.57 Å². The number of hydrogen-bond donors (Lipinski definition) is 0. The molecule has 0 nitrogen and oxygen atoms in total. The maximum absolute atomic E-state index is 2.56. The lowest BCUT2D eigenvalue weighted by Crippen LogP contribution is -2.35. The predicted octanol–water partition coefficient (Wildman–Crippen LogP) is 4.68. The van der Waals surface area contributed by atoms with Crippen LogP contribution in [0, 0.1) is 47.3 Å². The van der Waals surface area contributed by atoms with Crippen molar-refractivity contribution >= 4 is 0 Å². The van der Waals surface area contributed by atoms with Gasteiger partial charge >= 0.3 is 0 Å². The smallest absolute Gasteiger partial charge is 0.0143 e. The molecule has 0 aromatic heterocycles. The van der Waals surface area contributed by atoms with Crippen LogP contribution in [0.2, 0.25) is 0 Å². The highest BCUT2D eigenvalue weighted by Crippen LogP contribution is 2.69. The molecule has 4 bridgehead atoms. The van der Waals surface area contributed by atoms with Crippen LogP contribution in [0.4, 0.5) is 0 Å². The molecule has 4 aliphatic rings. The van der Waals surface area contributed by atoms with E-state index in [-0.39, 0.29) is 0 Å². The largest absolute Gasteiger partial charge is 0.0848 e. The van der Waals surface area contributed by atoms with Crippen molar-refractivity contribution in [1.29, 1.82) is 0 Å². The van der Waals surface area contributed by atoms with Crippen LogP contribution in [0.5, 0.6) is 0 Å². The van der Waals surface area contributed by atoms with Gasteiger partial charge in [0, 0.05) is 0 Å². The third-order valence-electron chi connectivity index (χ3n) is 6.58. The Balaban J connectivity index is 1.79. The molecule has 0 aromatic carbocycles. The Labute approximate surface area is 112 Å². The molecule has 0 radical (unpaired) electrons. The molecular formula is C18H26. The first-order valence-electron chi connectivity index (χ1n) is 7.95. The number of rotatable bonds is 1. The molecule has 0 spiro atoms. The summed E-state index contributed by atoms with van der Waals surface area (Å²) >= 11 is 0. The van der Waals surface area contributed by atoms with Gasteiger partial charge in [0.2, 0.25) is 0 Å². The van der Waals surface area contributed by atoms with Gasteiger partial charge in [-0.2, -0.15) is 0 Å². The normalized spacial score (nSPS) is 51.6. The fourth-order valence-electron chi connectivity index (χ4n) is 6.43. The van der Waals surface area contributed by atoms with Crippen LogP contribution in [0.1, 0.15) is 40.5 Å². The first kappa shape index (κ1) is 11.3. The molecule has 98 valence electrons. The highest BCUT2D eigenvalue weighted by atomic mass is 14.7. The summed E-state index contributed by atoms with van der Waals surface area (Å²) in [4.78, 5) is 0. The Morgan fingerprint density at radius 2 is 1.72 bits per heavy atom. The van der Waals surface area contributed by atoms with Gasteiger partial charge in [-0.25, -0.2) is 0 Å². The molecule has 4 aliphatic carbocycles. The van der Waals surface area contributed by atoms with Crippen LogP contribution >= 0.6 is 0 Å². The zero-order chi connectivity index (χ0) is 12.6. The van der Waals surface area contributed by atoms with Crippen molar-refractivity contribution in [1.82, 2.24) is 0 Å². The van der Waals surface area contributed by atoms with Gasteiger partial charge in [0.1, 0.15) is 0 Å². The van der Waals surface area contributed by atoms with Crippen molar-refractivity contribution < 1.29 is 0 Å². The zero-order valence-electron chi connectivity index (χ0n) is 12.2. The van der Waals surface area contributed by atoms with E-state index in [2.05, 4.69) is 39.8 Å². The van der Waals surface area contributed by atoms with Crippen molar-refractivity contribution in [3.05, 3.63) is 23.3 Å². The summed E-state index contributed by atoms with van der Waals surface area (Å²) < 4.78 is 0. The van der Waals surface area contributed by atoms with Crippen molar-refractivity contribution in [3.8, 4) is 0 Å². The fraction of sp³-hybridized carbons (Fsp3) is 0.778. The van der Waals surface area contributed by atoms with Crippen LogP contribution in [0.15, 0.2) is 23.3 Å². The topological polar surface area (TPSA) is 0 Å². The highest BCUT2D eigenvalue weighted by molar-refractivity contribution is 5.34. The molecule has 0 aromatic rings. The lowest BCUT2D eigenvalue weighted by Gasteiger charge is -2.41. The lowest BCUT2D eigenvalue weighted by atomic mass is 9.64. The summed E-state index contributed by atoms with van der Waals surface area (Å²) in [6.07, 6.45) is 8.13. The summed E-state index contributed by atoms with van der Waals surface area (Å²) in [6, 6.07) is 0. The molecule has 0 amide bonds. The molecule has 18 heavy (non-hydrogen) atoms. The number of allylic oxidation sites excluding steroid dienone is 4. The van der Waals surface area contributed by atoms with Crippen LogP contribution in [-0.4, -0.2) is 0 Å². The monoisotopic (exact) mass is 242 g/mol. The van der Waals surface area contributed by atoms with E-state index in [0.29, 0.717) is 0 Å². The summed E-state index contributed by atoms with van der Waals surface area (Å²) in [7, 11) is 0. The summed E-state index contributed by atoms with van der Waals surface area (Å²) in [6.45, 7) is 9.63. The Hall–Kier alpha value is -0.520. The molecule has 0 N–H and O–H groups in total. The van der Waals surface area contributed by atoms with E-state index in [9.17, 15) is 0 Å². The second kappa shape index (κ2) is 3.52. The third-order valence-corrected chi connectivity index (χ3v) is 6.58. The molecule has 0 saturated heterocycles. The molecule has 3 saturated carbocycles. The van der Waals surface area contributed by atoms with Crippen molar-refractivity contribution in [2.75, 3.05) is 0 Å². The summed E-state index contributed by atoms with van der Waals surface area (Å²) in [5.74, 6) is 7.71.